The lowest BCUT2D eigenvalue weighted by molar-refractivity contribution is 0.0997. The van der Waals surface area contributed by atoms with Crippen LogP contribution in [-0.4, -0.2) is 36.3 Å². The highest BCUT2D eigenvalue weighted by Gasteiger charge is 2.26. The van der Waals surface area contributed by atoms with Gasteiger partial charge in [-0.25, -0.2) is 17.2 Å². The molecule has 1 amide bonds. The average Bonchev–Trinajstić information content (AvgIpc) is 3.11. The second-order valence-electron chi connectivity index (χ2n) is 7.42. The molecule has 0 saturated carbocycles. The summed E-state index contributed by atoms with van der Waals surface area (Å²) >= 11 is 0.986. The number of amides is 1. The number of piperidine rings is 1. The number of rotatable bonds is 5. The quantitative estimate of drug-likeness (QED) is 0.520. The van der Waals surface area contributed by atoms with E-state index in [0.717, 1.165) is 36.7 Å². The first-order valence-corrected chi connectivity index (χ1v) is 12.4. The normalized spacial score (nSPS) is 15.9. The van der Waals surface area contributed by atoms with Gasteiger partial charge in [-0.05, 0) is 43.2 Å². The van der Waals surface area contributed by atoms with E-state index in [1.807, 2.05) is 0 Å². The van der Waals surface area contributed by atoms with Crippen LogP contribution in [0.3, 0.4) is 0 Å². The summed E-state index contributed by atoms with van der Waals surface area (Å²) in [5, 5.41) is 0. The van der Waals surface area contributed by atoms with Crippen LogP contribution in [0.4, 0.5) is 8.78 Å². The molecule has 4 rings (SSSR count). The predicted octanol–water partition coefficient (Wildman–Crippen LogP) is 4.08. The molecule has 0 aliphatic carbocycles. The van der Waals surface area contributed by atoms with E-state index in [9.17, 15) is 22.0 Å². The van der Waals surface area contributed by atoms with Crippen molar-refractivity contribution in [1.29, 1.82) is 0 Å². The summed E-state index contributed by atoms with van der Waals surface area (Å²) in [6.07, 6.45) is 4.21. The molecule has 10 heteroatoms. The van der Waals surface area contributed by atoms with E-state index in [1.54, 1.807) is 0 Å². The van der Waals surface area contributed by atoms with Gasteiger partial charge in [-0.1, -0.05) is 23.8 Å². The molecule has 1 saturated heterocycles. The van der Waals surface area contributed by atoms with Crippen LogP contribution in [0.1, 0.15) is 29.6 Å². The Morgan fingerprint density at radius 2 is 1.81 bits per heavy atom. The Labute approximate surface area is 188 Å². The first kappa shape index (κ1) is 22.5. The number of thiazole rings is 1. The van der Waals surface area contributed by atoms with Gasteiger partial charge in [-0.2, -0.15) is 9.30 Å². The van der Waals surface area contributed by atoms with E-state index in [1.165, 1.54) is 45.3 Å². The summed E-state index contributed by atoms with van der Waals surface area (Å²) in [6.45, 7) is 4.80. The van der Waals surface area contributed by atoms with Gasteiger partial charge in [0.15, 0.2) is 10.6 Å². The number of benzene rings is 2. The third kappa shape index (κ3) is 4.30. The van der Waals surface area contributed by atoms with Crippen LogP contribution in [0.25, 0.3) is 10.2 Å². The molecule has 1 fully saturated rings. The largest absolute Gasteiger partial charge is 0.310 e. The Hall–Kier alpha value is -2.69. The summed E-state index contributed by atoms with van der Waals surface area (Å²) in [4.78, 5) is 17.1. The second-order valence-corrected chi connectivity index (χ2v) is 10.4. The zero-order chi connectivity index (χ0) is 22.9. The van der Waals surface area contributed by atoms with Crippen molar-refractivity contribution in [3.8, 4) is 0 Å². The van der Waals surface area contributed by atoms with Crippen molar-refractivity contribution in [2.24, 2.45) is 4.99 Å². The van der Waals surface area contributed by atoms with Crippen LogP contribution in [0, 0.1) is 11.6 Å². The van der Waals surface area contributed by atoms with Crippen molar-refractivity contribution in [3.05, 3.63) is 71.1 Å². The molecule has 0 bridgehead atoms. The molecule has 0 spiro atoms. The van der Waals surface area contributed by atoms with Crippen molar-refractivity contribution in [2.75, 3.05) is 13.1 Å². The standard InChI is InChI=1S/C22H21F2N3O3S2/c1-2-10-27-20-18(24)13-16(23)14-19(20)31-22(27)25-21(28)15-6-8-17(9-7-15)32(29,30)26-11-4-3-5-12-26/h2,6-9,13-14H,1,3-5,10-12H2. The smallest absolute Gasteiger partial charge is 0.279 e. The molecular formula is C22H21F2N3O3S2. The Kier molecular flexibility index (Phi) is 6.36. The zero-order valence-corrected chi connectivity index (χ0v) is 18.8. The number of halogens is 2. The summed E-state index contributed by atoms with van der Waals surface area (Å²) in [7, 11) is -3.60. The van der Waals surface area contributed by atoms with E-state index < -0.39 is 27.6 Å². The number of allylic oxidation sites excluding steroid dienone is 1. The van der Waals surface area contributed by atoms with Gasteiger partial charge < -0.3 is 4.57 Å². The van der Waals surface area contributed by atoms with Gasteiger partial charge in [0, 0.05) is 31.3 Å². The van der Waals surface area contributed by atoms with Gasteiger partial charge in [-0.3, -0.25) is 4.79 Å². The number of carbonyl (C=O) groups is 1. The minimum atomic E-state index is -3.60. The van der Waals surface area contributed by atoms with Gasteiger partial charge in [-0.15, -0.1) is 6.58 Å². The molecule has 6 nitrogen and oxygen atoms in total. The summed E-state index contributed by atoms with van der Waals surface area (Å²) in [5.41, 5.74) is 0.336. The fourth-order valence-electron chi connectivity index (χ4n) is 3.69. The second kappa shape index (κ2) is 9.05. The molecule has 2 heterocycles. The average molecular weight is 478 g/mol. The Balaban J connectivity index is 1.68. The molecule has 3 aromatic rings. The van der Waals surface area contributed by atoms with Gasteiger partial charge >= 0.3 is 0 Å². The fourth-order valence-corrected chi connectivity index (χ4v) is 6.28. The number of sulfonamides is 1. The lowest BCUT2D eigenvalue weighted by Crippen LogP contribution is -2.35. The van der Waals surface area contributed by atoms with Crippen LogP contribution in [0.5, 0.6) is 0 Å². The lowest BCUT2D eigenvalue weighted by Gasteiger charge is -2.25. The SMILES string of the molecule is C=CCn1c(=NC(=O)c2ccc(S(=O)(=O)N3CCCCC3)cc2)sc2cc(F)cc(F)c21. The highest BCUT2D eigenvalue weighted by molar-refractivity contribution is 7.89. The topological polar surface area (TPSA) is 71.7 Å². The molecule has 0 radical (unpaired) electrons. The van der Waals surface area contributed by atoms with Crippen LogP contribution < -0.4 is 4.80 Å². The van der Waals surface area contributed by atoms with E-state index in [0.29, 0.717) is 17.8 Å². The molecule has 32 heavy (non-hydrogen) atoms. The van der Waals surface area contributed by atoms with Crippen molar-refractivity contribution in [1.82, 2.24) is 8.87 Å². The summed E-state index contributed by atoms with van der Waals surface area (Å²) in [5.74, 6) is -2.08. The van der Waals surface area contributed by atoms with Crippen molar-refractivity contribution >= 4 is 37.5 Å². The molecule has 1 aromatic heterocycles. The van der Waals surface area contributed by atoms with Crippen molar-refractivity contribution in [3.63, 3.8) is 0 Å². The lowest BCUT2D eigenvalue weighted by atomic mass is 10.2. The molecule has 1 aliphatic heterocycles. The van der Waals surface area contributed by atoms with Crippen LogP contribution in [0.15, 0.2) is 58.9 Å². The third-order valence-corrected chi connectivity index (χ3v) is 8.20. The highest BCUT2D eigenvalue weighted by atomic mass is 32.2. The van der Waals surface area contributed by atoms with Crippen LogP contribution in [0.2, 0.25) is 0 Å². The van der Waals surface area contributed by atoms with Gasteiger partial charge in [0.2, 0.25) is 10.0 Å². The molecule has 0 N–H and O–H groups in total. The first-order chi connectivity index (χ1) is 15.3. The molecule has 168 valence electrons. The number of carbonyl (C=O) groups excluding carboxylic acids is 1. The number of aromatic nitrogens is 1. The number of fused-ring (bicyclic) bond motifs is 1. The van der Waals surface area contributed by atoms with E-state index >= 15 is 0 Å². The van der Waals surface area contributed by atoms with E-state index in [4.69, 9.17) is 0 Å². The molecule has 1 aliphatic rings. The van der Waals surface area contributed by atoms with Crippen molar-refractivity contribution in [2.45, 2.75) is 30.7 Å². The molecule has 0 unspecified atom stereocenters. The first-order valence-electron chi connectivity index (χ1n) is 10.1. The zero-order valence-electron chi connectivity index (χ0n) is 17.1. The van der Waals surface area contributed by atoms with Gasteiger partial charge in [0.25, 0.3) is 5.91 Å². The van der Waals surface area contributed by atoms with Crippen molar-refractivity contribution < 1.29 is 22.0 Å². The summed E-state index contributed by atoms with van der Waals surface area (Å²) in [6, 6.07) is 7.57. The monoisotopic (exact) mass is 477 g/mol. The van der Waals surface area contributed by atoms with E-state index in [-0.39, 0.29) is 27.3 Å². The van der Waals surface area contributed by atoms with Crippen LogP contribution >= 0.6 is 11.3 Å². The predicted molar refractivity (Wildman–Crippen MR) is 119 cm³/mol. The maximum atomic E-state index is 14.3. The number of nitrogens with zero attached hydrogens (tertiary/aromatic N) is 3. The Morgan fingerprint density at radius 3 is 2.47 bits per heavy atom. The minimum Gasteiger partial charge on any atom is -0.310 e. The Bertz CT molecular complexity index is 1350. The minimum absolute atomic E-state index is 0.122. The van der Waals surface area contributed by atoms with Crippen LogP contribution in [-0.2, 0) is 16.6 Å². The van der Waals surface area contributed by atoms with Gasteiger partial charge in [0.1, 0.15) is 5.82 Å². The molecule has 2 aromatic carbocycles. The fraction of sp³-hybridized carbons (Fsp3) is 0.273. The highest BCUT2D eigenvalue weighted by Crippen LogP contribution is 2.23. The molecular weight excluding hydrogens is 456 g/mol. The molecule has 0 atom stereocenters. The summed E-state index contributed by atoms with van der Waals surface area (Å²) < 4.78 is 56.7. The third-order valence-electron chi connectivity index (χ3n) is 5.26. The number of hydrogen-bond donors (Lipinski definition) is 0. The van der Waals surface area contributed by atoms with Gasteiger partial charge in [0.05, 0.1) is 15.1 Å². The maximum Gasteiger partial charge on any atom is 0.279 e. The number of hydrogen-bond acceptors (Lipinski definition) is 4. The Morgan fingerprint density at radius 1 is 1.12 bits per heavy atom. The maximum absolute atomic E-state index is 14.3. The van der Waals surface area contributed by atoms with E-state index in [2.05, 4.69) is 11.6 Å².